The molecule has 0 N–H and O–H groups in total. The van der Waals surface area contributed by atoms with Gasteiger partial charge in [0.15, 0.2) is 10.1 Å². The number of hydrogen-bond acceptors (Lipinski definition) is 5. The minimum Gasteiger partial charge on any atom is -0.293 e. The number of thioether (sulfide) groups is 1. The average Bonchev–Trinajstić information content (AvgIpc) is 3.14. The first-order chi connectivity index (χ1) is 14.1. The minimum atomic E-state index is -0.346. The van der Waals surface area contributed by atoms with E-state index in [0.29, 0.717) is 5.56 Å². The molecule has 3 nitrogen and oxygen atoms in total. The number of ketones is 1. The number of thiazole rings is 1. The maximum Gasteiger partial charge on any atom is 0.173 e. The molecule has 0 fully saturated rings. The van der Waals surface area contributed by atoms with E-state index >= 15 is 0 Å². The molecule has 4 rings (SSSR count). The van der Waals surface area contributed by atoms with Gasteiger partial charge in [0.2, 0.25) is 0 Å². The summed E-state index contributed by atoms with van der Waals surface area (Å²) in [5.41, 5.74) is 3.30. The lowest BCUT2D eigenvalue weighted by Gasteiger charge is -1.99. The highest BCUT2D eigenvalue weighted by Gasteiger charge is 2.10. The van der Waals surface area contributed by atoms with Crippen LogP contribution < -0.4 is 0 Å². The Labute approximate surface area is 189 Å². The van der Waals surface area contributed by atoms with Crippen molar-refractivity contribution >= 4 is 73.6 Å². The number of carbonyl (C=O) groups is 1. The van der Waals surface area contributed by atoms with Crippen molar-refractivity contribution < 1.29 is 9.18 Å². The molecule has 0 unspecified atom stereocenters. The number of Topliss-reactive ketones (excluding diaryl/α,β-unsaturated/α-hetero) is 1. The number of aromatic nitrogens is 1. The van der Waals surface area contributed by atoms with Crippen molar-refractivity contribution in [2.45, 2.75) is 4.34 Å². The zero-order valence-electron chi connectivity index (χ0n) is 15.0. The van der Waals surface area contributed by atoms with Crippen molar-refractivity contribution in [3.05, 3.63) is 87.2 Å². The predicted molar refractivity (Wildman–Crippen MR) is 127 cm³/mol. The molecule has 0 saturated carbocycles. The van der Waals surface area contributed by atoms with E-state index in [9.17, 15) is 9.18 Å². The Hall–Kier alpha value is -2.10. The predicted octanol–water partition coefficient (Wildman–Crippen LogP) is 6.77. The number of nitrogens with zero attached hydrogens (tertiary/aromatic N) is 2. The highest BCUT2D eigenvalue weighted by atomic mass is 127. The molecule has 4 aromatic rings. The van der Waals surface area contributed by atoms with Gasteiger partial charge in [-0.05, 0) is 82.8 Å². The van der Waals surface area contributed by atoms with Crippen molar-refractivity contribution in [3.8, 4) is 0 Å². The summed E-state index contributed by atoms with van der Waals surface area (Å²) in [7, 11) is 0. The van der Waals surface area contributed by atoms with E-state index in [4.69, 9.17) is 0 Å². The Bertz CT molecular complexity index is 1190. The molecule has 7 heteroatoms. The highest BCUT2D eigenvalue weighted by molar-refractivity contribution is 14.1. The van der Waals surface area contributed by atoms with Crippen molar-refractivity contribution in [3.63, 3.8) is 0 Å². The Morgan fingerprint density at radius 2 is 1.86 bits per heavy atom. The minimum absolute atomic E-state index is 0.0444. The monoisotopic (exact) mass is 532 g/mol. The number of benzene rings is 3. The molecule has 0 amide bonds. The van der Waals surface area contributed by atoms with Crippen LogP contribution in [0.4, 0.5) is 10.1 Å². The van der Waals surface area contributed by atoms with Gasteiger partial charge in [0, 0.05) is 15.3 Å². The largest absolute Gasteiger partial charge is 0.293 e. The van der Waals surface area contributed by atoms with Gasteiger partial charge in [-0.25, -0.2) is 9.37 Å². The number of rotatable bonds is 6. The van der Waals surface area contributed by atoms with Crippen LogP contribution in [0.2, 0.25) is 0 Å². The molecule has 1 aromatic heterocycles. The molecule has 3 aromatic carbocycles. The molecule has 0 spiro atoms. The third-order valence-corrected chi connectivity index (χ3v) is 6.96. The summed E-state index contributed by atoms with van der Waals surface area (Å²) in [6, 6.07) is 19.7. The lowest BCUT2D eigenvalue weighted by molar-refractivity contribution is 0.102. The van der Waals surface area contributed by atoms with Gasteiger partial charge < -0.3 is 0 Å². The third-order valence-electron chi connectivity index (χ3n) is 4.08. The smallest absolute Gasteiger partial charge is 0.173 e. The molecule has 0 aliphatic heterocycles. The molecular weight excluding hydrogens is 518 g/mol. The number of carbonyl (C=O) groups excluding carboxylic acids is 1. The van der Waals surface area contributed by atoms with Crippen LogP contribution in [0.5, 0.6) is 0 Å². The molecule has 0 bridgehead atoms. The Balaban J connectivity index is 1.44. The second kappa shape index (κ2) is 9.15. The fourth-order valence-electron chi connectivity index (χ4n) is 2.58. The normalized spacial score (nSPS) is 11.4. The highest BCUT2D eigenvalue weighted by Crippen LogP contribution is 2.32. The third kappa shape index (κ3) is 5.29. The van der Waals surface area contributed by atoms with Crippen LogP contribution in [-0.2, 0) is 0 Å². The summed E-state index contributed by atoms with van der Waals surface area (Å²) >= 11 is 5.21. The first-order valence-corrected chi connectivity index (χ1v) is 11.6. The van der Waals surface area contributed by atoms with E-state index in [1.165, 1.54) is 50.9 Å². The second-order valence-electron chi connectivity index (χ2n) is 6.16. The molecule has 0 radical (unpaired) electrons. The van der Waals surface area contributed by atoms with Crippen LogP contribution >= 0.6 is 45.7 Å². The zero-order valence-corrected chi connectivity index (χ0v) is 18.8. The fourth-order valence-corrected chi connectivity index (χ4v) is 4.93. The molecule has 29 heavy (non-hydrogen) atoms. The summed E-state index contributed by atoms with van der Waals surface area (Å²) in [6.45, 7) is 0. The number of aliphatic imine (C=N–C) groups is 1. The molecule has 144 valence electrons. The van der Waals surface area contributed by atoms with Crippen LogP contribution in [0.1, 0.15) is 15.9 Å². The SMILES string of the molecule is O=C(CSc1nc2ccc(N=Cc3ccc(I)cc3)cc2s1)c1ccc(F)cc1. The van der Waals surface area contributed by atoms with Crippen LogP contribution in [0.3, 0.4) is 0 Å². The molecule has 0 saturated heterocycles. The molecule has 0 aliphatic carbocycles. The van der Waals surface area contributed by atoms with Gasteiger partial charge in [-0.1, -0.05) is 23.9 Å². The summed E-state index contributed by atoms with van der Waals surface area (Å²) in [5, 5.41) is 0. The van der Waals surface area contributed by atoms with Crippen molar-refractivity contribution in [1.29, 1.82) is 0 Å². The van der Waals surface area contributed by atoms with Crippen LogP contribution in [0.15, 0.2) is 76.1 Å². The van der Waals surface area contributed by atoms with Gasteiger partial charge in [0.1, 0.15) is 5.82 Å². The number of halogens is 2. The van der Waals surface area contributed by atoms with Gasteiger partial charge in [0.05, 0.1) is 21.7 Å². The van der Waals surface area contributed by atoms with Crippen molar-refractivity contribution in [2.24, 2.45) is 4.99 Å². The topological polar surface area (TPSA) is 42.3 Å². The maximum atomic E-state index is 13.0. The molecular formula is C22H14FIN2OS2. The van der Waals surface area contributed by atoms with E-state index in [-0.39, 0.29) is 17.4 Å². The molecule has 1 heterocycles. The lowest BCUT2D eigenvalue weighted by Crippen LogP contribution is -2.01. The summed E-state index contributed by atoms with van der Waals surface area (Å²) in [4.78, 5) is 21.4. The summed E-state index contributed by atoms with van der Waals surface area (Å²) < 4.78 is 16.0. The average molecular weight is 532 g/mol. The maximum absolute atomic E-state index is 13.0. The summed E-state index contributed by atoms with van der Waals surface area (Å²) in [5.74, 6) is -0.124. The van der Waals surface area contributed by atoms with Gasteiger partial charge in [-0.3, -0.25) is 9.79 Å². The van der Waals surface area contributed by atoms with Crippen LogP contribution in [-0.4, -0.2) is 22.7 Å². The zero-order chi connectivity index (χ0) is 20.2. The second-order valence-corrected chi connectivity index (χ2v) is 9.66. The molecule has 0 aliphatic rings. The number of fused-ring (bicyclic) bond motifs is 1. The lowest BCUT2D eigenvalue weighted by atomic mass is 10.1. The van der Waals surface area contributed by atoms with E-state index in [2.05, 4.69) is 32.6 Å². The van der Waals surface area contributed by atoms with Gasteiger partial charge in [-0.2, -0.15) is 0 Å². The van der Waals surface area contributed by atoms with E-state index in [0.717, 1.165) is 25.8 Å². The van der Waals surface area contributed by atoms with Gasteiger partial charge in [-0.15, -0.1) is 11.3 Å². The van der Waals surface area contributed by atoms with E-state index in [1.807, 2.05) is 48.7 Å². The fraction of sp³-hybridized carbons (Fsp3) is 0.0455. The van der Waals surface area contributed by atoms with E-state index < -0.39 is 0 Å². The number of hydrogen-bond donors (Lipinski definition) is 0. The van der Waals surface area contributed by atoms with Gasteiger partial charge in [0.25, 0.3) is 0 Å². The van der Waals surface area contributed by atoms with Crippen molar-refractivity contribution in [1.82, 2.24) is 4.98 Å². The van der Waals surface area contributed by atoms with E-state index in [1.54, 1.807) is 0 Å². The van der Waals surface area contributed by atoms with Crippen LogP contribution in [0, 0.1) is 9.39 Å². The first-order valence-electron chi connectivity index (χ1n) is 8.69. The molecule has 0 atom stereocenters. The Morgan fingerprint density at radius 1 is 1.10 bits per heavy atom. The van der Waals surface area contributed by atoms with Crippen molar-refractivity contribution in [2.75, 3.05) is 5.75 Å². The quantitative estimate of drug-likeness (QED) is 0.119. The first kappa shape index (κ1) is 20.2. The van der Waals surface area contributed by atoms with Crippen LogP contribution in [0.25, 0.3) is 10.2 Å². The standard InChI is InChI=1S/C22H14FIN2OS2/c23-16-5-3-15(4-6-16)20(27)13-28-22-26-19-10-9-18(11-21(19)29-22)25-12-14-1-7-17(24)8-2-14/h1-12H,13H2. The Kier molecular flexibility index (Phi) is 6.37. The summed E-state index contributed by atoms with van der Waals surface area (Å²) in [6.07, 6.45) is 1.84. The van der Waals surface area contributed by atoms with Gasteiger partial charge >= 0.3 is 0 Å². The Morgan fingerprint density at radius 3 is 2.62 bits per heavy atom.